The number of rotatable bonds is 11. The lowest BCUT2D eigenvalue weighted by atomic mass is 9.99. The van der Waals surface area contributed by atoms with Crippen molar-refractivity contribution >= 4 is 40.3 Å². The Morgan fingerprint density at radius 3 is 2.51 bits per heavy atom. The van der Waals surface area contributed by atoms with E-state index >= 15 is 0 Å². The summed E-state index contributed by atoms with van der Waals surface area (Å²) in [5.74, 6) is -0.775. The molecule has 39 heavy (non-hydrogen) atoms. The largest absolute Gasteiger partial charge is 0.466 e. The third-order valence-corrected chi connectivity index (χ3v) is 5.78. The van der Waals surface area contributed by atoms with E-state index in [0.29, 0.717) is 18.7 Å². The summed E-state index contributed by atoms with van der Waals surface area (Å²) in [5, 5.41) is 14.8. The van der Waals surface area contributed by atoms with Crippen molar-refractivity contribution in [3.63, 3.8) is 0 Å². The molecule has 2 aromatic heterocycles. The van der Waals surface area contributed by atoms with Crippen LogP contribution in [-0.2, 0) is 0 Å². The summed E-state index contributed by atoms with van der Waals surface area (Å²) in [6.45, 7) is 5.13. The van der Waals surface area contributed by atoms with Crippen LogP contribution in [0, 0.1) is 17.0 Å². The van der Waals surface area contributed by atoms with Gasteiger partial charge in [0, 0.05) is 31.8 Å². The highest BCUT2D eigenvalue weighted by molar-refractivity contribution is 6.32. The molecular weight excluding hydrogens is 539 g/mol. The van der Waals surface area contributed by atoms with E-state index in [1.807, 2.05) is 50.2 Å². The van der Waals surface area contributed by atoms with Crippen LogP contribution >= 0.6 is 11.6 Å². The SMILES string of the molecule is C=C(c1ccccc1C)c1nc(Nc2cc([N+](=O)[O-])c(N(C)CCN(C)C)nc2OCC(F)(F)F)ncc1Cl. The Morgan fingerprint density at radius 1 is 1.21 bits per heavy atom. The van der Waals surface area contributed by atoms with Crippen molar-refractivity contribution in [1.29, 1.82) is 0 Å². The number of pyridine rings is 1. The van der Waals surface area contributed by atoms with E-state index < -0.39 is 29.3 Å². The lowest BCUT2D eigenvalue weighted by molar-refractivity contribution is -0.384. The summed E-state index contributed by atoms with van der Waals surface area (Å²) in [6, 6.07) is 8.46. The van der Waals surface area contributed by atoms with Crippen molar-refractivity contribution in [3.8, 4) is 5.88 Å². The molecule has 0 spiro atoms. The minimum Gasteiger partial charge on any atom is -0.466 e. The normalized spacial score (nSPS) is 11.4. The minimum absolute atomic E-state index is 0.106. The van der Waals surface area contributed by atoms with Crippen LogP contribution in [0.25, 0.3) is 5.57 Å². The Morgan fingerprint density at radius 2 is 1.90 bits per heavy atom. The predicted molar refractivity (Wildman–Crippen MR) is 144 cm³/mol. The monoisotopic (exact) mass is 565 g/mol. The molecule has 0 aliphatic carbocycles. The second-order valence-corrected chi connectivity index (χ2v) is 9.29. The standard InChI is InChI=1S/C25H27ClF3N7O3/c1-15-8-6-7-9-17(15)16(2)21-18(26)13-30-24(32-21)31-19-12-20(36(37)38)22(35(5)11-10-34(3)4)33-23(19)39-14-25(27,28)29/h6-9,12-13H,2,10-11,14H2,1,3-5H3,(H,30,31,32). The highest BCUT2D eigenvalue weighted by atomic mass is 35.5. The van der Waals surface area contributed by atoms with Crippen molar-refractivity contribution < 1.29 is 22.8 Å². The number of ether oxygens (including phenoxy) is 1. The predicted octanol–water partition coefficient (Wildman–Crippen LogP) is 5.49. The number of benzene rings is 1. The van der Waals surface area contributed by atoms with Gasteiger partial charge >= 0.3 is 11.9 Å². The highest BCUT2D eigenvalue weighted by Gasteiger charge is 2.31. The van der Waals surface area contributed by atoms with Crippen LogP contribution in [0.2, 0.25) is 5.02 Å². The summed E-state index contributed by atoms with van der Waals surface area (Å²) < 4.78 is 44.0. The van der Waals surface area contributed by atoms with Crippen LogP contribution in [0.15, 0.2) is 43.1 Å². The number of aromatic nitrogens is 3. The van der Waals surface area contributed by atoms with Crippen LogP contribution in [0.4, 0.5) is 36.3 Å². The van der Waals surface area contributed by atoms with E-state index in [1.54, 1.807) is 7.05 Å². The number of hydrogen-bond donors (Lipinski definition) is 1. The van der Waals surface area contributed by atoms with Crippen LogP contribution in [0.5, 0.6) is 5.88 Å². The number of likely N-dealkylation sites (N-methyl/N-ethyl adjacent to an activating group) is 2. The zero-order valence-electron chi connectivity index (χ0n) is 21.7. The number of nitrogens with zero attached hydrogens (tertiary/aromatic N) is 6. The van der Waals surface area contributed by atoms with E-state index in [2.05, 4.69) is 26.8 Å². The van der Waals surface area contributed by atoms with Gasteiger partial charge in [0.25, 0.3) is 0 Å². The van der Waals surface area contributed by atoms with E-state index in [0.717, 1.165) is 17.2 Å². The van der Waals surface area contributed by atoms with Gasteiger partial charge < -0.3 is 19.9 Å². The van der Waals surface area contributed by atoms with Gasteiger partial charge in [0.15, 0.2) is 6.61 Å². The second kappa shape index (κ2) is 12.3. The Labute approximate surface area is 228 Å². The number of anilines is 3. The first-order valence-corrected chi connectivity index (χ1v) is 11.9. The molecule has 0 aliphatic rings. The molecule has 2 heterocycles. The van der Waals surface area contributed by atoms with Gasteiger partial charge in [0.2, 0.25) is 17.6 Å². The Hall–Kier alpha value is -3.97. The Kier molecular flexibility index (Phi) is 9.30. The van der Waals surface area contributed by atoms with Gasteiger partial charge in [-0.25, -0.2) is 9.97 Å². The molecule has 0 saturated carbocycles. The molecule has 0 radical (unpaired) electrons. The average molecular weight is 566 g/mol. The van der Waals surface area contributed by atoms with Crippen molar-refractivity contribution in [2.45, 2.75) is 13.1 Å². The lowest BCUT2D eigenvalue weighted by Crippen LogP contribution is -2.29. The maximum atomic E-state index is 13.0. The van der Waals surface area contributed by atoms with Crippen LogP contribution in [0.1, 0.15) is 16.8 Å². The van der Waals surface area contributed by atoms with Crippen molar-refractivity contribution in [3.05, 3.63) is 75.1 Å². The first-order chi connectivity index (χ1) is 18.3. The number of halogens is 4. The van der Waals surface area contributed by atoms with Gasteiger partial charge in [-0.05, 0) is 32.1 Å². The quantitative estimate of drug-likeness (QED) is 0.238. The van der Waals surface area contributed by atoms with Crippen LogP contribution in [0.3, 0.4) is 0 Å². The number of nitrogens with one attached hydrogen (secondary N) is 1. The van der Waals surface area contributed by atoms with Crippen LogP contribution in [-0.4, -0.2) is 71.8 Å². The zero-order valence-corrected chi connectivity index (χ0v) is 22.5. The molecule has 0 saturated heterocycles. The molecule has 3 rings (SSSR count). The number of alkyl halides is 3. The molecular formula is C25H27ClF3N7O3. The van der Waals surface area contributed by atoms with E-state index in [1.165, 1.54) is 11.1 Å². The summed E-state index contributed by atoms with van der Waals surface area (Å²) in [5.41, 5.74) is 1.77. The van der Waals surface area contributed by atoms with Gasteiger partial charge in [0.1, 0.15) is 5.69 Å². The smallest absolute Gasteiger partial charge is 0.422 e. The number of nitro groups is 1. The highest BCUT2D eigenvalue weighted by Crippen LogP contribution is 2.37. The number of aryl methyl sites for hydroxylation is 1. The van der Waals surface area contributed by atoms with Gasteiger partial charge in [-0.15, -0.1) is 0 Å². The fourth-order valence-corrected chi connectivity index (χ4v) is 3.70. The van der Waals surface area contributed by atoms with Gasteiger partial charge in [-0.2, -0.15) is 18.2 Å². The molecule has 0 unspecified atom stereocenters. The van der Waals surface area contributed by atoms with E-state index in [4.69, 9.17) is 16.3 Å². The Balaban J connectivity index is 2.05. The third kappa shape index (κ3) is 7.77. The molecule has 0 fully saturated rings. The first kappa shape index (κ1) is 29.6. The molecule has 1 N–H and O–H groups in total. The Bertz CT molecular complexity index is 1370. The van der Waals surface area contributed by atoms with Gasteiger partial charge in [-0.3, -0.25) is 10.1 Å². The second-order valence-electron chi connectivity index (χ2n) is 8.88. The van der Waals surface area contributed by atoms with Crippen molar-refractivity contribution in [2.75, 3.05) is 51.1 Å². The van der Waals surface area contributed by atoms with Gasteiger partial charge in [-0.1, -0.05) is 42.4 Å². The molecule has 0 aliphatic heterocycles. The number of hydrogen-bond acceptors (Lipinski definition) is 9. The minimum atomic E-state index is -4.67. The van der Waals surface area contributed by atoms with E-state index in [9.17, 15) is 23.3 Å². The summed E-state index contributed by atoms with van der Waals surface area (Å²) >= 11 is 6.33. The van der Waals surface area contributed by atoms with Crippen molar-refractivity contribution in [1.82, 2.24) is 19.9 Å². The average Bonchev–Trinajstić information content (AvgIpc) is 2.86. The summed E-state index contributed by atoms with van der Waals surface area (Å²) in [7, 11) is 5.18. The van der Waals surface area contributed by atoms with Crippen molar-refractivity contribution in [2.24, 2.45) is 0 Å². The topological polar surface area (TPSA) is 110 Å². The van der Waals surface area contributed by atoms with Gasteiger partial charge in [0.05, 0.1) is 21.8 Å². The summed E-state index contributed by atoms with van der Waals surface area (Å²) in [6.07, 6.45) is -3.38. The maximum absolute atomic E-state index is 13.0. The molecule has 0 bridgehead atoms. The lowest BCUT2D eigenvalue weighted by Gasteiger charge is -2.22. The third-order valence-electron chi connectivity index (χ3n) is 5.51. The van der Waals surface area contributed by atoms with E-state index in [-0.39, 0.29) is 28.2 Å². The molecule has 208 valence electrons. The summed E-state index contributed by atoms with van der Waals surface area (Å²) in [4.78, 5) is 27.1. The maximum Gasteiger partial charge on any atom is 0.422 e. The molecule has 1 aromatic carbocycles. The fraction of sp³-hybridized carbons (Fsp3) is 0.320. The van der Waals surface area contributed by atoms with Crippen LogP contribution < -0.4 is 15.0 Å². The fourth-order valence-electron chi connectivity index (χ4n) is 3.50. The first-order valence-electron chi connectivity index (χ1n) is 11.6. The molecule has 3 aromatic rings. The molecule has 14 heteroatoms. The zero-order chi connectivity index (χ0) is 28.9. The molecule has 0 atom stereocenters. The molecule has 0 amide bonds. The molecule has 10 nitrogen and oxygen atoms in total.